The first-order valence-corrected chi connectivity index (χ1v) is 8.90. The van der Waals surface area contributed by atoms with Gasteiger partial charge in [0.05, 0.1) is 25.3 Å². The van der Waals surface area contributed by atoms with Crippen LogP contribution in [0.4, 0.5) is 5.82 Å². The number of aryl methyl sites for hydroxylation is 2. The first-order valence-electron chi connectivity index (χ1n) is 8.90. The van der Waals surface area contributed by atoms with E-state index in [4.69, 9.17) is 9.26 Å². The van der Waals surface area contributed by atoms with E-state index in [9.17, 15) is 4.79 Å². The molecule has 1 amide bonds. The van der Waals surface area contributed by atoms with Crippen LogP contribution in [0.3, 0.4) is 0 Å². The summed E-state index contributed by atoms with van der Waals surface area (Å²) >= 11 is 0. The second kappa shape index (κ2) is 6.59. The SMILES string of the molecule is COc1nccnc1N1C[C@@H]2CC[C@H](C1)N(Cc1c(C)noc1C)C2=O. The quantitative estimate of drug-likeness (QED) is 0.823. The number of methoxy groups -OCH3 is 1. The van der Waals surface area contributed by atoms with E-state index in [1.165, 1.54) is 0 Å². The van der Waals surface area contributed by atoms with Gasteiger partial charge in [-0.15, -0.1) is 0 Å². The molecule has 3 saturated heterocycles. The summed E-state index contributed by atoms with van der Waals surface area (Å²) in [5, 5.41) is 4.02. The van der Waals surface area contributed by atoms with Crippen LogP contribution in [0.1, 0.15) is 29.9 Å². The van der Waals surface area contributed by atoms with E-state index in [-0.39, 0.29) is 17.9 Å². The number of ether oxygens (including phenoxy) is 1. The van der Waals surface area contributed by atoms with Crippen LogP contribution in [0.15, 0.2) is 16.9 Å². The Labute approximate surface area is 152 Å². The predicted molar refractivity (Wildman–Crippen MR) is 93.8 cm³/mol. The van der Waals surface area contributed by atoms with Gasteiger partial charge in [-0.05, 0) is 26.7 Å². The molecule has 5 rings (SSSR count). The van der Waals surface area contributed by atoms with Gasteiger partial charge in [0.15, 0.2) is 5.82 Å². The highest BCUT2D eigenvalue weighted by Crippen LogP contribution is 2.34. The van der Waals surface area contributed by atoms with E-state index < -0.39 is 0 Å². The first-order chi connectivity index (χ1) is 12.6. The van der Waals surface area contributed by atoms with Gasteiger partial charge < -0.3 is 19.1 Å². The second-order valence-electron chi connectivity index (χ2n) is 6.99. The zero-order chi connectivity index (χ0) is 18.3. The number of piperidine rings is 1. The van der Waals surface area contributed by atoms with Gasteiger partial charge in [-0.25, -0.2) is 9.97 Å². The van der Waals surface area contributed by atoms with Crippen molar-refractivity contribution in [3.8, 4) is 5.88 Å². The third kappa shape index (κ3) is 2.79. The van der Waals surface area contributed by atoms with E-state index in [1.54, 1.807) is 19.5 Å². The fourth-order valence-corrected chi connectivity index (χ4v) is 4.00. The van der Waals surface area contributed by atoms with Crippen molar-refractivity contribution in [2.24, 2.45) is 5.92 Å². The number of aromatic nitrogens is 3. The highest BCUT2D eigenvalue weighted by molar-refractivity contribution is 5.81. The summed E-state index contributed by atoms with van der Waals surface area (Å²) in [5.74, 6) is 2.15. The molecule has 0 spiro atoms. The highest BCUT2D eigenvalue weighted by atomic mass is 16.5. The number of carbonyl (C=O) groups is 1. The highest BCUT2D eigenvalue weighted by Gasteiger charge is 2.42. The van der Waals surface area contributed by atoms with Gasteiger partial charge in [-0.1, -0.05) is 5.16 Å². The predicted octanol–water partition coefficient (Wildman–Crippen LogP) is 1.72. The molecule has 8 nitrogen and oxygen atoms in total. The van der Waals surface area contributed by atoms with Gasteiger partial charge in [0.2, 0.25) is 5.91 Å². The van der Waals surface area contributed by atoms with Crippen LogP contribution in [0.5, 0.6) is 5.88 Å². The topological polar surface area (TPSA) is 84.6 Å². The maximum absolute atomic E-state index is 13.1. The normalized spacial score (nSPS) is 22.7. The lowest BCUT2D eigenvalue weighted by Gasteiger charge is -2.35. The number of anilines is 1. The van der Waals surface area contributed by atoms with Crippen LogP contribution in [0, 0.1) is 19.8 Å². The van der Waals surface area contributed by atoms with Crippen LogP contribution >= 0.6 is 0 Å². The lowest BCUT2D eigenvalue weighted by Crippen LogP contribution is -2.47. The molecule has 2 bridgehead atoms. The summed E-state index contributed by atoms with van der Waals surface area (Å²) in [6.07, 6.45) is 5.16. The van der Waals surface area contributed by atoms with Crippen molar-refractivity contribution in [2.75, 3.05) is 25.1 Å². The molecule has 3 fully saturated rings. The average Bonchev–Trinajstić information content (AvgIpc) is 2.82. The Kier molecular flexibility index (Phi) is 4.26. The number of rotatable bonds is 4. The van der Waals surface area contributed by atoms with Crippen molar-refractivity contribution in [3.05, 3.63) is 29.4 Å². The lowest BCUT2D eigenvalue weighted by atomic mass is 9.93. The molecule has 2 aromatic heterocycles. The number of fused-ring (bicyclic) bond motifs is 4. The Balaban J connectivity index is 1.62. The minimum atomic E-state index is -0.0408. The van der Waals surface area contributed by atoms with Crippen LogP contribution in [0.2, 0.25) is 0 Å². The zero-order valence-electron chi connectivity index (χ0n) is 15.3. The third-order valence-electron chi connectivity index (χ3n) is 5.44. The molecule has 138 valence electrons. The molecule has 2 atom stereocenters. The average molecular weight is 357 g/mol. The molecule has 0 radical (unpaired) electrons. The van der Waals surface area contributed by atoms with Gasteiger partial charge in [-0.2, -0.15) is 0 Å². The summed E-state index contributed by atoms with van der Waals surface area (Å²) in [4.78, 5) is 25.9. The molecule has 3 aliphatic heterocycles. The summed E-state index contributed by atoms with van der Waals surface area (Å²) in [5.41, 5.74) is 1.86. The summed E-state index contributed by atoms with van der Waals surface area (Å²) in [7, 11) is 1.59. The minimum absolute atomic E-state index is 0.0408. The van der Waals surface area contributed by atoms with Crippen LogP contribution in [-0.4, -0.2) is 52.2 Å². The molecule has 0 unspecified atom stereocenters. The van der Waals surface area contributed by atoms with Crippen molar-refractivity contribution in [1.82, 2.24) is 20.0 Å². The molecule has 26 heavy (non-hydrogen) atoms. The minimum Gasteiger partial charge on any atom is -0.478 e. The van der Waals surface area contributed by atoms with Gasteiger partial charge >= 0.3 is 0 Å². The van der Waals surface area contributed by atoms with Crippen molar-refractivity contribution < 1.29 is 14.1 Å². The van der Waals surface area contributed by atoms with Crippen molar-refractivity contribution in [1.29, 1.82) is 0 Å². The van der Waals surface area contributed by atoms with E-state index in [1.807, 2.05) is 18.7 Å². The molecule has 0 aromatic carbocycles. The van der Waals surface area contributed by atoms with Gasteiger partial charge in [-0.3, -0.25) is 4.79 Å². The summed E-state index contributed by atoms with van der Waals surface area (Å²) < 4.78 is 10.6. The number of hydrogen-bond donors (Lipinski definition) is 0. The van der Waals surface area contributed by atoms with E-state index in [2.05, 4.69) is 20.0 Å². The van der Waals surface area contributed by atoms with Crippen LogP contribution < -0.4 is 9.64 Å². The van der Waals surface area contributed by atoms with E-state index >= 15 is 0 Å². The van der Waals surface area contributed by atoms with Crippen molar-refractivity contribution in [2.45, 2.75) is 39.3 Å². The second-order valence-corrected chi connectivity index (χ2v) is 6.99. The van der Waals surface area contributed by atoms with Crippen LogP contribution in [0.25, 0.3) is 0 Å². The molecular formula is C18H23N5O3. The Morgan fingerprint density at radius 1 is 1.23 bits per heavy atom. The molecule has 2 aromatic rings. The van der Waals surface area contributed by atoms with Crippen LogP contribution in [-0.2, 0) is 11.3 Å². The molecule has 0 N–H and O–H groups in total. The summed E-state index contributed by atoms with van der Waals surface area (Å²) in [6.45, 7) is 5.73. The maximum Gasteiger partial charge on any atom is 0.257 e. The fourth-order valence-electron chi connectivity index (χ4n) is 4.00. The Bertz CT molecular complexity index is 801. The molecule has 0 aliphatic carbocycles. The molecule has 5 heterocycles. The standard InChI is InChI=1S/C18H23N5O3/c1-11-15(12(2)26-21-11)10-23-14-5-4-13(18(23)24)8-22(9-14)16-17(25-3)20-7-6-19-16/h6-7,13-14H,4-5,8-10H2,1-3H3/t13-,14+/m0/s1. The van der Waals surface area contributed by atoms with E-state index in [0.717, 1.165) is 36.4 Å². The zero-order valence-corrected chi connectivity index (χ0v) is 15.3. The molecule has 3 aliphatic rings. The Hall–Kier alpha value is -2.64. The number of carbonyl (C=O) groups excluding carboxylic acids is 1. The summed E-state index contributed by atoms with van der Waals surface area (Å²) in [6, 6.07) is 0.127. The number of amides is 1. The van der Waals surface area contributed by atoms with Crippen molar-refractivity contribution in [3.63, 3.8) is 0 Å². The molecule has 8 heteroatoms. The fraction of sp³-hybridized carbons (Fsp3) is 0.556. The monoisotopic (exact) mass is 357 g/mol. The number of hydrogen-bond acceptors (Lipinski definition) is 7. The largest absolute Gasteiger partial charge is 0.478 e. The first kappa shape index (κ1) is 16.8. The molecule has 0 saturated carbocycles. The maximum atomic E-state index is 13.1. The van der Waals surface area contributed by atoms with Gasteiger partial charge in [0.25, 0.3) is 5.88 Å². The molecular weight excluding hydrogens is 334 g/mol. The van der Waals surface area contributed by atoms with Gasteiger partial charge in [0.1, 0.15) is 5.76 Å². The Morgan fingerprint density at radius 3 is 2.77 bits per heavy atom. The Morgan fingerprint density at radius 2 is 2.04 bits per heavy atom. The lowest BCUT2D eigenvalue weighted by molar-refractivity contribution is -0.140. The van der Waals surface area contributed by atoms with Crippen molar-refractivity contribution >= 4 is 11.7 Å². The third-order valence-corrected chi connectivity index (χ3v) is 5.44. The smallest absolute Gasteiger partial charge is 0.257 e. The number of nitrogens with zero attached hydrogens (tertiary/aromatic N) is 5. The van der Waals surface area contributed by atoms with E-state index in [0.29, 0.717) is 24.8 Å². The van der Waals surface area contributed by atoms with Gasteiger partial charge in [0, 0.05) is 37.1 Å².